The molecule has 1 fully saturated rings. The lowest BCUT2D eigenvalue weighted by molar-refractivity contribution is -0.129. The summed E-state index contributed by atoms with van der Waals surface area (Å²) in [6.07, 6.45) is 5.33. The van der Waals surface area contributed by atoms with Crippen molar-refractivity contribution in [2.45, 2.75) is 58.4 Å². The lowest BCUT2D eigenvalue weighted by Gasteiger charge is -2.35. The average molecular weight is 299 g/mol. The predicted molar refractivity (Wildman–Crippen MR) is 87.7 cm³/mol. The molecule has 0 bridgehead atoms. The van der Waals surface area contributed by atoms with Gasteiger partial charge in [-0.3, -0.25) is 4.79 Å². The number of amides is 1. The van der Waals surface area contributed by atoms with E-state index >= 15 is 0 Å². The Hall–Kier alpha value is -0.680. The van der Waals surface area contributed by atoms with Crippen molar-refractivity contribution in [3.8, 4) is 0 Å². The molecule has 20 heavy (non-hydrogen) atoms. The highest BCUT2D eigenvalue weighted by Crippen LogP contribution is 2.31. The summed E-state index contributed by atoms with van der Waals surface area (Å²) < 4.78 is 0. The van der Waals surface area contributed by atoms with Crippen LogP contribution in [0.2, 0.25) is 0 Å². The van der Waals surface area contributed by atoms with E-state index < -0.39 is 5.41 Å². The number of carbonyl (C=O) groups excluding carboxylic acids is 1. The molecule has 5 heteroatoms. The van der Waals surface area contributed by atoms with E-state index in [0.717, 1.165) is 51.6 Å². The molecular weight excluding hydrogens is 270 g/mol. The third kappa shape index (κ3) is 4.16. The standard InChI is InChI=1S/C15H29N3OS/c1-4-8-15(9-5-2,13(16)20)14(19)17-12-6-10-18(3)11-7-12/h12H,4-11H2,1-3H3,(H2,16,20)(H,17,19). The second-order valence-corrected chi connectivity index (χ2v) is 6.44. The van der Waals surface area contributed by atoms with Crippen molar-refractivity contribution in [2.75, 3.05) is 20.1 Å². The van der Waals surface area contributed by atoms with Crippen LogP contribution in [-0.4, -0.2) is 42.0 Å². The molecular formula is C15H29N3OS. The average Bonchev–Trinajstić information content (AvgIpc) is 2.40. The Bertz CT molecular complexity index is 332. The van der Waals surface area contributed by atoms with E-state index in [1.165, 1.54) is 0 Å². The molecule has 0 aromatic carbocycles. The summed E-state index contributed by atoms with van der Waals surface area (Å²) in [5.74, 6) is 0.0447. The van der Waals surface area contributed by atoms with Gasteiger partial charge in [-0.05, 0) is 45.8 Å². The number of rotatable bonds is 7. The maximum atomic E-state index is 12.7. The van der Waals surface area contributed by atoms with Crippen LogP contribution < -0.4 is 11.1 Å². The minimum absolute atomic E-state index is 0.0447. The van der Waals surface area contributed by atoms with Crippen molar-refractivity contribution >= 4 is 23.1 Å². The van der Waals surface area contributed by atoms with Crippen LogP contribution in [0.4, 0.5) is 0 Å². The van der Waals surface area contributed by atoms with Crippen LogP contribution in [0.15, 0.2) is 0 Å². The number of carbonyl (C=O) groups is 1. The third-order valence-electron chi connectivity index (χ3n) is 4.31. The van der Waals surface area contributed by atoms with Crippen LogP contribution in [0, 0.1) is 5.41 Å². The molecule has 0 unspecified atom stereocenters. The van der Waals surface area contributed by atoms with Crippen molar-refractivity contribution in [3.63, 3.8) is 0 Å². The Morgan fingerprint density at radius 2 is 1.80 bits per heavy atom. The van der Waals surface area contributed by atoms with E-state index in [0.29, 0.717) is 4.99 Å². The van der Waals surface area contributed by atoms with Crippen LogP contribution in [0.5, 0.6) is 0 Å². The summed E-state index contributed by atoms with van der Waals surface area (Å²) in [7, 11) is 2.12. The number of thiocarbonyl (C=S) groups is 1. The molecule has 0 aromatic rings. The SMILES string of the molecule is CCCC(CCC)(C(=O)NC1CCN(C)CC1)C(N)=S. The van der Waals surface area contributed by atoms with E-state index in [1.54, 1.807) is 0 Å². The van der Waals surface area contributed by atoms with E-state index in [-0.39, 0.29) is 11.9 Å². The second-order valence-electron chi connectivity index (χ2n) is 6.00. The smallest absolute Gasteiger partial charge is 0.233 e. The number of nitrogens with one attached hydrogen (secondary N) is 1. The fraction of sp³-hybridized carbons (Fsp3) is 0.867. The van der Waals surface area contributed by atoms with Crippen molar-refractivity contribution in [3.05, 3.63) is 0 Å². The Morgan fingerprint density at radius 1 is 1.30 bits per heavy atom. The minimum atomic E-state index is -0.651. The molecule has 0 saturated carbocycles. The molecule has 1 rings (SSSR count). The largest absolute Gasteiger partial charge is 0.392 e. The van der Waals surface area contributed by atoms with Gasteiger partial charge < -0.3 is 16.0 Å². The van der Waals surface area contributed by atoms with Crippen LogP contribution in [0.25, 0.3) is 0 Å². The molecule has 0 radical (unpaired) electrons. The van der Waals surface area contributed by atoms with E-state index in [4.69, 9.17) is 18.0 Å². The van der Waals surface area contributed by atoms with Gasteiger partial charge in [0, 0.05) is 6.04 Å². The maximum absolute atomic E-state index is 12.7. The number of hydrogen-bond donors (Lipinski definition) is 2. The first-order chi connectivity index (χ1) is 9.46. The molecule has 0 aromatic heterocycles. The summed E-state index contributed by atoms with van der Waals surface area (Å²) in [5.41, 5.74) is 5.28. The van der Waals surface area contributed by atoms with Gasteiger partial charge in [0.15, 0.2) is 0 Å². The molecule has 1 amide bonds. The molecule has 1 saturated heterocycles. The van der Waals surface area contributed by atoms with Gasteiger partial charge in [0.1, 0.15) is 0 Å². The molecule has 0 atom stereocenters. The number of piperidine rings is 1. The summed E-state index contributed by atoms with van der Waals surface area (Å²) in [6.45, 7) is 6.22. The molecule has 1 aliphatic rings. The summed E-state index contributed by atoms with van der Waals surface area (Å²) in [5, 5.41) is 3.20. The Labute approximate surface area is 128 Å². The first kappa shape index (κ1) is 17.4. The number of nitrogens with two attached hydrogens (primary N) is 1. The molecule has 3 N–H and O–H groups in total. The summed E-state index contributed by atoms with van der Waals surface area (Å²) >= 11 is 5.23. The van der Waals surface area contributed by atoms with Gasteiger partial charge in [0.2, 0.25) is 5.91 Å². The third-order valence-corrected chi connectivity index (χ3v) is 4.70. The molecule has 116 valence electrons. The molecule has 0 spiro atoms. The van der Waals surface area contributed by atoms with Gasteiger partial charge in [0.05, 0.1) is 10.4 Å². The van der Waals surface area contributed by atoms with E-state index in [1.807, 2.05) is 0 Å². The Morgan fingerprint density at radius 3 is 2.20 bits per heavy atom. The Kier molecular flexibility index (Phi) is 6.89. The first-order valence-corrected chi connectivity index (χ1v) is 8.16. The fourth-order valence-electron chi connectivity index (χ4n) is 3.04. The number of likely N-dealkylation sites (tertiary alicyclic amines) is 1. The summed E-state index contributed by atoms with van der Waals surface area (Å²) in [6, 6.07) is 0.265. The van der Waals surface area contributed by atoms with Gasteiger partial charge in [0.25, 0.3) is 0 Å². The predicted octanol–water partition coefficient (Wildman–Crippen LogP) is 2.07. The molecule has 1 heterocycles. The highest BCUT2D eigenvalue weighted by atomic mass is 32.1. The maximum Gasteiger partial charge on any atom is 0.233 e. The minimum Gasteiger partial charge on any atom is -0.392 e. The van der Waals surface area contributed by atoms with Crippen LogP contribution in [0.1, 0.15) is 52.4 Å². The van der Waals surface area contributed by atoms with Gasteiger partial charge in [-0.2, -0.15) is 0 Å². The van der Waals surface area contributed by atoms with Crippen molar-refractivity contribution in [1.82, 2.24) is 10.2 Å². The number of hydrogen-bond acceptors (Lipinski definition) is 3. The van der Waals surface area contributed by atoms with Crippen molar-refractivity contribution in [1.29, 1.82) is 0 Å². The number of nitrogens with zero attached hydrogens (tertiary/aromatic N) is 1. The first-order valence-electron chi connectivity index (χ1n) is 7.75. The van der Waals surface area contributed by atoms with Gasteiger partial charge in [-0.15, -0.1) is 0 Å². The lowest BCUT2D eigenvalue weighted by atomic mass is 9.78. The van der Waals surface area contributed by atoms with Crippen LogP contribution >= 0.6 is 12.2 Å². The van der Waals surface area contributed by atoms with E-state index in [9.17, 15) is 4.79 Å². The normalized spacial score (nSPS) is 17.9. The fourth-order valence-corrected chi connectivity index (χ4v) is 3.34. The molecule has 4 nitrogen and oxygen atoms in total. The van der Waals surface area contributed by atoms with Crippen LogP contribution in [0.3, 0.4) is 0 Å². The topological polar surface area (TPSA) is 58.4 Å². The quantitative estimate of drug-likeness (QED) is 0.707. The van der Waals surface area contributed by atoms with Gasteiger partial charge in [-0.1, -0.05) is 38.9 Å². The highest BCUT2D eigenvalue weighted by molar-refractivity contribution is 7.80. The monoisotopic (exact) mass is 299 g/mol. The zero-order chi connectivity index (χ0) is 15.2. The molecule has 0 aliphatic carbocycles. The van der Waals surface area contributed by atoms with Crippen molar-refractivity contribution < 1.29 is 4.79 Å². The lowest BCUT2D eigenvalue weighted by Crippen LogP contribution is -2.53. The summed E-state index contributed by atoms with van der Waals surface area (Å²) in [4.78, 5) is 15.4. The van der Waals surface area contributed by atoms with Crippen molar-refractivity contribution in [2.24, 2.45) is 11.1 Å². The zero-order valence-corrected chi connectivity index (χ0v) is 13.9. The zero-order valence-electron chi connectivity index (χ0n) is 13.1. The van der Waals surface area contributed by atoms with E-state index in [2.05, 4.69) is 31.1 Å². The highest BCUT2D eigenvalue weighted by Gasteiger charge is 2.40. The van der Waals surface area contributed by atoms with Gasteiger partial charge in [-0.25, -0.2) is 0 Å². The van der Waals surface area contributed by atoms with Crippen LogP contribution in [-0.2, 0) is 4.79 Å². The van der Waals surface area contributed by atoms with Gasteiger partial charge >= 0.3 is 0 Å². The Balaban J connectivity index is 2.74. The molecule has 1 aliphatic heterocycles. The second kappa shape index (κ2) is 7.93.